The topological polar surface area (TPSA) is 12.0 Å². The zero-order valence-electron chi connectivity index (χ0n) is 10.4. The summed E-state index contributed by atoms with van der Waals surface area (Å²) in [6, 6.07) is 10.8. The van der Waals surface area contributed by atoms with Crippen LogP contribution in [0.2, 0.25) is 0 Å². The Morgan fingerprint density at radius 3 is 2.31 bits per heavy atom. The highest BCUT2D eigenvalue weighted by Gasteiger charge is 2.15. The van der Waals surface area contributed by atoms with Crippen molar-refractivity contribution in [2.45, 2.75) is 32.7 Å². The summed E-state index contributed by atoms with van der Waals surface area (Å²) in [5, 5.41) is 3.38. The van der Waals surface area contributed by atoms with E-state index in [-0.39, 0.29) is 6.04 Å². The van der Waals surface area contributed by atoms with Gasteiger partial charge in [0.2, 0.25) is 0 Å². The van der Waals surface area contributed by atoms with Crippen molar-refractivity contribution in [2.75, 3.05) is 6.54 Å². The summed E-state index contributed by atoms with van der Waals surface area (Å²) in [5.41, 5.74) is 1.38. The van der Waals surface area contributed by atoms with Gasteiger partial charge < -0.3 is 5.32 Å². The van der Waals surface area contributed by atoms with Crippen LogP contribution in [-0.4, -0.2) is 12.6 Å². The molecular weight excluding hydrogens is 194 g/mol. The molecule has 0 heterocycles. The molecule has 16 heavy (non-hydrogen) atoms. The predicted molar refractivity (Wildman–Crippen MR) is 70.3 cm³/mol. The monoisotopic (exact) mass is 215 g/mol. The molecule has 86 valence electrons. The number of nitrogens with one attached hydrogen (secondary N) is 1. The first kappa shape index (κ1) is 12.8. The molecule has 2 unspecified atom stereocenters. The molecule has 0 aliphatic rings. The SMILES string of the molecule is C#CC(C)NCC(c1ccccc1)C(C)C. The van der Waals surface area contributed by atoms with Gasteiger partial charge in [0.1, 0.15) is 0 Å². The maximum atomic E-state index is 5.36. The Kier molecular flexibility index (Phi) is 5.08. The first-order valence-electron chi connectivity index (χ1n) is 5.89. The molecule has 0 bridgehead atoms. The molecular formula is C15H21N. The van der Waals surface area contributed by atoms with Crippen molar-refractivity contribution in [1.82, 2.24) is 5.32 Å². The van der Waals surface area contributed by atoms with E-state index in [1.807, 2.05) is 6.92 Å². The van der Waals surface area contributed by atoms with Crippen LogP contribution in [0.5, 0.6) is 0 Å². The van der Waals surface area contributed by atoms with Gasteiger partial charge in [-0.1, -0.05) is 50.1 Å². The molecule has 0 spiro atoms. The Morgan fingerprint density at radius 1 is 1.19 bits per heavy atom. The highest BCUT2D eigenvalue weighted by atomic mass is 14.9. The third-order valence-corrected chi connectivity index (χ3v) is 2.93. The second-order valence-corrected chi connectivity index (χ2v) is 4.56. The van der Waals surface area contributed by atoms with Crippen molar-refractivity contribution in [1.29, 1.82) is 0 Å². The van der Waals surface area contributed by atoms with E-state index in [1.165, 1.54) is 5.56 Å². The predicted octanol–water partition coefficient (Wildman–Crippen LogP) is 3.04. The summed E-state index contributed by atoms with van der Waals surface area (Å²) in [7, 11) is 0. The second kappa shape index (κ2) is 6.35. The van der Waals surface area contributed by atoms with Crippen molar-refractivity contribution in [3.8, 4) is 12.3 Å². The van der Waals surface area contributed by atoms with E-state index in [0.717, 1.165) is 6.54 Å². The van der Waals surface area contributed by atoms with Gasteiger partial charge >= 0.3 is 0 Å². The van der Waals surface area contributed by atoms with Crippen molar-refractivity contribution in [2.24, 2.45) is 5.92 Å². The molecule has 1 rings (SSSR count). The lowest BCUT2D eigenvalue weighted by atomic mass is 9.88. The van der Waals surface area contributed by atoms with Gasteiger partial charge in [0, 0.05) is 6.54 Å². The number of terminal acetylenes is 1. The number of hydrogen-bond acceptors (Lipinski definition) is 1. The largest absolute Gasteiger partial charge is 0.303 e. The van der Waals surface area contributed by atoms with Gasteiger partial charge in [-0.25, -0.2) is 0 Å². The van der Waals surface area contributed by atoms with Gasteiger partial charge in [0.15, 0.2) is 0 Å². The van der Waals surface area contributed by atoms with E-state index < -0.39 is 0 Å². The minimum absolute atomic E-state index is 0.143. The fourth-order valence-electron chi connectivity index (χ4n) is 1.80. The Hall–Kier alpha value is -1.26. The molecule has 1 aromatic rings. The van der Waals surface area contributed by atoms with Crippen molar-refractivity contribution >= 4 is 0 Å². The summed E-state index contributed by atoms with van der Waals surface area (Å²) in [4.78, 5) is 0. The van der Waals surface area contributed by atoms with Crippen LogP contribution in [0.3, 0.4) is 0 Å². The Labute approximate surface area is 99.3 Å². The van der Waals surface area contributed by atoms with Crippen LogP contribution in [0.25, 0.3) is 0 Å². The molecule has 1 aromatic carbocycles. The molecule has 0 amide bonds. The molecule has 0 fully saturated rings. The van der Waals surface area contributed by atoms with E-state index in [9.17, 15) is 0 Å². The molecule has 0 aliphatic heterocycles. The van der Waals surface area contributed by atoms with Gasteiger partial charge in [-0.2, -0.15) is 0 Å². The maximum Gasteiger partial charge on any atom is 0.0658 e. The maximum absolute atomic E-state index is 5.36. The first-order valence-corrected chi connectivity index (χ1v) is 5.89. The quantitative estimate of drug-likeness (QED) is 0.744. The average Bonchev–Trinajstić information content (AvgIpc) is 2.30. The van der Waals surface area contributed by atoms with Crippen LogP contribution in [0.15, 0.2) is 30.3 Å². The first-order chi connectivity index (χ1) is 7.65. The lowest BCUT2D eigenvalue weighted by Gasteiger charge is -2.23. The van der Waals surface area contributed by atoms with E-state index >= 15 is 0 Å². The lowest BCUT2D eigenvalue weighted by Crippen LogP contribution is -2.31. The van der Waals surface area contributed by atoms with Crippen LogP contribution in [-0.2, 0) is 0 Å². The second-order valence-electron chi connectivity index (χ2n) is 4.56. The smallest absolute Gasteiger partial charge is 0.0658 e. The summed E-state index contributed by atoms with van der Waals surface area (Å²) >= 11 is 0. The zero-order valence-corrected chi connectivity index (χ0v) is 10.4. The highest BCUT2D eigenvalue weighted by molar-refractivity contribution is 5.20. The lowest BCUT2D eigenvalue weighted by molar-refractivity contribution is 0.454. The minimum Gasteiger partial charge on any atom is -0.303 e. The Morgan fingerprint density at radius 2 is 1.81 bits per heavy atom. The van der Waals surface area contributed by atoms with Gasteiger partial charge in [0.05, 0.1) is 6.04 Å². The van der Waals surface area contributed by atoms with Crippen molar-refractivity contribution < 1.29 is 0 Å². The van der Waals surface area contributed by atoms with Crippen LogP contribution in [0.1, 0.15) is 32.3 Å². The van der Waals surface area contributed by atoms with Crippen LogP contribution in [0.4, 0.5) is 0 Å². The standard InChI is InChI=1S/C15H21N/c1-5-13(4)16-11-15(12(2)3)14-9-7-6-8-10-14/h1,6-10,12-13,15-16H,11H2,2-4H3. The molecule has 0 saturated heterocycles. The molecule has 2 atom stereocenters. The minimum atomic E-state index is 0.143. The number of benzene rings is 1. The Bertz CT molecular complexity index is 334. The number of rotatable bonds is 5. The summed E-state index contributed by atoms with van der Waals surface area (Å²) in [6.07, 6.45) is 5.36. The average molecular weight is 215 g/mol. The zero-order chi connectivity index (χ0) is 12.0. The molecule has 0 aliphatic carbocycles. The van der Waals surface area contributed by atoms with Crippen LogP contribution < -0.4 is 5.32 Å². The molecule has 1 nitrogen and oxygen atoms in total. The third kappa shape index (κ3) is 3.72. The van der Waals surface area contributed by atoms with Crippen LogP contribution >= 0.6 is 0 Å². The van der Waals surface area contributed by atoms with E-state index in [2.05, 4.69) is 55.4 Å². The van der Waals surface area contributed by atoms with E-state index in [4.69, 9.17) is 6.42 Å². The molecule has 0 saturated carbocycles. The summed E-state index contributed by atoms with van der Waals surface area (Å²) in [5.74, 6) is 3.84. The Balaban J connectivity index is 2.66. The van der Waals surface area contributed by atoms with Gasteiger partial charge in [-0.3, -0.25) is 0 Å². The number of hydrogen-bond donors (Lipinski definition) is 1. The highest BCUT2D eigenvalue weighted by Crippen LogP contribution is 2.23. The van der Waals surface area contributed by atoms with Gasteiger partial charge in [-0.15, -0.1) is 6.42 Å². The van der Waals surface area contributed by atoms with E-state index in [1.54, 1.807) is 0 Å². The normalized spacial score (nSPS) is 14.4. The molecule has 0 aromatic heterocycles. The van der Waals surface area contributed by atoms with Gasteiger partial charge in [0.25, 0.3) is 0 Å². The molecule has 0 radical (unpaired) electrons. The molecule has 1 N–H and O–H groups in total. The fourth-order valence-corrected chi connectivity index (χ4v) is 1.80. The van der Waals surface area contributed by atoms with Gasteiger partial charge in [-0.05, 0) is 24.3 Å². The molecule has 1 heteroatoms. The third-order valence-electron chi connectivity index (χ3n) is 2.93. The summed E-state index contributed by atoms with van der Waals surface area (Å²) in [6.45, 7) is 7.45. The summed E-state index contributed by atoms with van der Waals surface area (Å²) < 4.78 is 0. The van der Waals surface area contributed by atoms with Crippen molar-refractivity contribution in [3.05, 3.63) is 35.9 Å². The van der Waals surface area contributed by atoms with E-state index in [0.29, 0.717) is 11.8 Å². The van der Waals surface area contributed by atoms with Crippen LogP contribution in [0, 0.1) is 18.3 Å². The van der Waals surface area contributed by atoms with Crippen molar-refractivity contribution in [3.63, 3.8) is 0 Å². The fraction of sp³-hybridized carbons (Fsp3) is 0.467.